The number of benzene rings is 2. The molecule has 0 unspecified atom stereocenters. The maximum absolute atomic E-state index is 13.8. The zero-order valence-electron chi connectivity index (χ0n) is 10.3. The van der Waals surface area contributed by atoms with Crippen LogP contribution in [0.3, 0.4) is 0 Å². The number of hydrogen-bond acceptors (Lipinski definition) is 2. The molecule has 0 saturated carbocycles. The van der Waals surface area contributed by atoms with Crippen LogP contribution in [0.25, 0.3) is 16.6 Å². The monoisotopic (exact) mass is 254 g/mol. The average molecular weight is 254 g/mol. The maximum atomic E-state index is 13.8. The van der Waals surface area contributed by atoms with Crippen LogP contribution >= 0.6 is 0 Å². The van der Waals surface area contributed by atoms with E-state index < -0.39 is 5.82 Å². The maximum Gasteiger partial charge on any atom is 0.266 e. The lowest BCUT2D eigenvalue weighted by Gasteiger charge is -2.11. The molecule has 3 nitrogen and oxygen atoms in total. The summed E-state index contributed by atoms with van der Waals surface area (Å²) in [4.78, 5) is 16.8. The lowest BCUT2D eigenvalue weighted by Crippen LogP contribution is -2.23. The van der Waals surface area contributed by atoms with Crippen molar-refractivity contribution in [3.8, 4) is 5.69 Å². The highest BCUT2D eigenvalue weighted by molar-refractivity contribution is 5.77. The molecule has 3 rings (SSSR count). The summed E-state index contributed by atoms with van der Waals surface area (Å²) in [5.41, 5.74) is 0.592. The molecule has 0 radical (unpaired) electrons. The number of rotatable bonds is 1. The van der Waals surface area contributed by atoms with Crippen molar-refractivity contribution in [3.63, 3.8) is 0 Å². The van der Waals surface area contributed by atoms with Crippen LogP contribution in [0.15, 0.2) is 53.3 Å². The number of fused-ring (bicyclic) bond motifs is 1. The van der Waals surface area contributed by atoms with Gasteiger partial charge in [0.2, 0.25) is 0 Å². The van der Waals surface area contributed by atoms with Gasteiger partial charge in [-0.3, -0.25) is 9.36 Å². The molecule has 0 aliphatic heterocycles. The summed E-state index contributed by atoms with van der Waals surface area (Å²) in [6.07, 6.45) is 0. The van der Waals surface area contributed by atoms with Crippen LogP contribution in [0.5, 0.6) is 0 Å². The van der Waals surface area contributed by atoms with Gasteiger partial charge in [0.15, 0.2) is 0 Å². The molecule has 94 valence electrons. The Morgan fingerprint density at radius 2 is 1.74 bits per heavy atom. The first-order valence-electron chi connectivity index (χ1n) is 5.92. The lowest BCUT2D eigenvalue weighted by atomic mass is 10.2. The number of hydrogen-bond donors (Lipinski definition) is 0. The summed E-state index contributed by atoms with van der Waals surface area (Å²) in [6, 6.07) is 13.2. The third-order valence-corrected chi connectivity index (χ3v) is 3.04. The Bertz CT molecular complexity index is 824. The molecule has 3 aromatic rings. The molecular weight excluding hydrogens is 243 g/mol. The highest BCUT2D eigenvalue weighted by Gasteiger charge is 2.12. The van der Waals surface area contributed by atoms with E-state index in [1.54, 1.807) is 43.3 Å². The summed E-state index contributed by atoms with van der Waals surface area (Å²) in [5, 5.41) is 0.483. The third-order valence-electron chi connectivity index (χ3n) is 3.04. The summed E-state index contributed by atoms with van der Waals surface area (Å²) in [6.45, 7) is 1.69. The highest BCUT2D eigenvalue weighted by Crippen LogP contribution is 2.14. The molecule has 0 amide bonds. The fraction of sp³-hybridized carbons (Fsp3) is 0.0667. The number of nitrogens with zero attached hydrogens (tertiary/aromatic N) is 2. The topological polar surface area (TPSA) is 34.9 Å². The van der Waals surface area contributed by atoms with E-state index in [9.17, 15) is 9.18 Å². The van der Waals surface area contributed by atoms with Gasteiger partial charge in [-0.2, -0.15) is 0 Å². The Balaban J connectivity index is 2.43. The van der Waals surface area contributed by atoms with Gasteiger partial charge in [-0.1, -0.05) is 24.3 Å². The fourth-order valence-electron chi connectivity index (χ4n) is 2.16. The minimum absolute atomic E-state index is 0.225. The van der Waals surface area contributed by atoms with E-state index in [1.165, 1.54) is 10.6 Å². The second-order valence-electron chi connectivity index (χ2n) is 4.27. The predicted molar refractivity (Wildman–Crippen MR) is 72.0 cm³/mol. The normalized spacial score (nSPS) is 10.8. The van der Waals surface area contributed by atoms with Gasteiger partial charge in [-0.15, -0.1) is 0 Å². The molecule has 0 aliphatic rings. The van der Waals surface area contributed by atoms with E-state index in [-0.39, 0.29) is 11.2 Å². The Morgan fingerprint density at radius 3 is 2.53 bits per heavy atom. The van der Waals surface area contributed by atoms with Gasteiger partial charge in [0.05, 0.1) is 16.6 Å². The van der Waals surface area contributed by atoms with Gasteiger partial charge >= 0.3 is 0 Å². The summed E-state index contributed by atoms with van der Waals surface area (Å²) in [5.74, 6) is 0.0265. The van der Waals surface area contributed by atoms with E-state index in [0.29, 0.717) is 16.7 Å². The predicted octanol–water partition coefficient (Wildman–Crippen LogP) is 2.83. The van der Waals surface area contributed by atoms with Crippen LogP contribution in [0, 0.1) is 12.7 Å². The van der Waals surface area contributed by atoms with E-state index >= 15 is 0 Å². The quantitative estimate of drug-likeness (QED) is 0.669. The largest absolute Gasteiger partial charge is 0.268 e. The number of para-hydroxylation sites is 2. The van der Waals surface area contributed by atoms with E-state index in [1.807, 2.05) is 6.07 Å². The van der Waals surface area contributed by atoms with Gasteiger partial charge in [-0.25, -0.2) is 9.37 Å². The zero-order chi connectivity index (χ0) is 13.4. The summed E-state index contributed by atoms with van der Waals surface area (Å²) < 4.78 is 15.2. The van der Waals surface area contributed by atoms with Crippen LogP contribution in [-0.4, -0.2) is 9.55 Å². The molecule has 4 heteroatoms. The van der Waals surface area contributed by atoms with E-state index in [2.05, 4.69) is 4.98 Å². The average Bonchev–Trinajstić information content (AvgIpc) is 2.41. The first-order valence-corrected chi connectivity index (χ1v) is 5.92. The minimum atomic E-state index is -0.440. The molecule has 0 N–H and O–H groups in total. The van der Waals surface area contributed by atoms with E-state index in [4.69, 9.17) is 0 Å². The van der Waals surface area contributed by atoms with Crippen LogP contribution in [0.2, 0.25) is 0 Å². The number of aryl methyl sites for hydroxylation is 1. The Hall–Kier alpha value is -2.49. The van der Waals surface area contributed by atoms with Crippen molar-refractivity contribution in [2.75, 3.05) is 0 Å². The molecular formula is C15H11FN2O. The molecule has 0 aliphatic carbocycles. The van der Waals surface area contributed by atoms with Gasteiger partial charge in [0.1, 0.15) is 11.6 Å². The second-order valence-corrected chi connectivity index (χ2v) is 4.27. The molecule has 0 saturated heterocycles. The van der Waals surface area contributed by atoms with Gasteiger partial charge in [0.25, 0.3) is 5.56 Å². The molecule has 19 heavy (non-hydrogen) atoms. The number of aromatic nitrogens is 2. The Morgan fingerprint density at radius 1 is 1.05 bits per heavy atom. The van der Waals surface area contributed by atoms with E-state index in [0.717, 1.165) is 0 Å². The van der Waals surface area contributed by atoms with Crippen molar-refractivity contribution in [1.29, 1.82) is 0 Å². The molecule has 0 fully saturated rings. The van der Waals surface area contributed by atoms with Crippen molar-refractivity contribution < 1.29 is 4.39 Å². The van der Waals surface area contributed by atoms with Crippen molar-refractivity contribution in [2.24, 2.45) is 0 Å². The first kappa shape index (κ1) is 11.6. The van der Waals surface area contributed by atoms with Crippen molar-refractivity contribution >= 4 is 10.9 Å². The molecule has 1 aromatic heterocycles. The molecule has 0 bridgehead atoms. The Labute approximate surface area is 109 Å². The molecule has 0 spiro atoms. The van der Waals surface area contributed by atoms with Crippen molar-refractivity contribution in [1.82, 2.24) is 9.55 Å². The summed E-state index contributed by atoms with van der Waals surface area (Å²) >= 11 is 0. The SMILES string of the molecule is Cc1nc2ccccc2c(=O)n1-c1ccccc1F. The fourth-order valence-corrected chi connectivity index (χ4v) is 2.16. The lowest BCUT2D eigenvalue weighted by molar-refractivity contribution is 0.613. The van der Waals surface area contributed by atoms with Crippen LogP contribution < -0.4 is 5.56 Å². The van der Waals surface area contributed by atoms with Gasteiger partial charge in [0, 0.05) is 0 Å². The molecule has 0 atom stereocenters. The highest BCUT2D eigenvalue weighted by atomic mass is 19.1. The van der Waals surface area contributed by atoms with Crippen molar-refractivity contribution in [3.05, 3.63) is 70.5 Å². The van der Waals surface area contributed by atoms with Crippen LogP contribution in [-0.2, 0) is 0 Å². The Kier molecular flexibility index (Phi) is 2.63. The van der Waals surface area contributed by atoms with Gasteiger partial charge in [-0.05, 0) is 31.2 Å². The van der Waals surface area contributed by atoms with Gasteiger partial charge < -0.3 is 0 Å². The summed E-state index contributed by atoms with van der Waals surface area (Å²) in [7, 11) is 0. The smallest absolute Gasteiger partial charge is 0.266 e. The molecule has 1 heterocycles. The third kappa shape index (κ3) is 1.81. The van der Waals surface area contributed by atoms with Crippen LogP contribution in [0.4, 0.5) is 4.39 Å². The standard InChI is InChI=1S/C15H11FN2O/c1-10-17-13-8-4-2-6-11(13)15(19)18(10)14-9-5-3-7-12(14)16/h2-9H,1H3. The van der Waals surface area contributed by atoms with Crippen molar-refractivity contribution in [2.45, 2.75) is 6.92 Å². The minimum Gasteiger partial charge on any atom is -0.268 e. The number of halogens is 1. The van der Waals surface area contributed by atoms with Crippen LogP contribution in [0.1, 0.15) is 5.82 Å². The molecule has 2 aromatic carbocycles. The second kappa shape index (κ2) is 4.31. The first-order chi connectivity index (χ1) is 9.18. The zero-order valence-corrected chi connectivity index (χ0v) is 10.3.